The number of piperidine rings is 1. The van der Waals surface area contributed by atoms with Crippen LogP contribution in [0.25, 0.3) is 0 Å². The predicted octanol–water partition coefficient (Wildman–Crippen LogP) is 3.34. The van der Waals surface area contributed by atoms with Gasteiger partial charge in [-0.05, 0) is 56.7 Å². The van der Waals surface area contributed by atoms with Crippen molar-refractivity contribution < 1.29 is 13.6 Å². The molecule has 1 atom stereocenters. The summed E-state index contributed by atoms with van der Waals surface area (Å²) in [4.78, 5) is 14.3. The molecule has 1 fully saturated rings. The van der Waals surface area contributed by atoms with Crippen LogP contribution in [-0.4, -0.2) is 33.7 Å². The summed E-state index contributed by atoms with van der Waals surface area (Å²) in [5.74, 6) is -0.656. The largest absolute Gasteiger partial charge is 0.341 e. The van der Waals surface area contributed by atoms with E-state index >= 15 is 0 Å². The minimum atomic E-state index is -0.488. The number of likely N-dealkylation sites (tertiary alicyclic amines) is 1. The van der Waals surface area contributed by atoms with Gasteiger partial charge in [0.1, 0.15) is 18.2 Å². The van der Waals surface area contributed by atoms with Crippen LogP contribution in [0.1, 0.15) is 30.5 Å². The third-order valence-electron chi connectivity index (χ3n) is 4.81. The smallest absolute Gasteiger partial charge is 0.244 e. The van der Waals surface area contributed by atoms with Crippen LogP contribution in [-0.2, 0) is 17.8 Å². The van der Waals surface area contributed by atoms with Crippen LogP contribution in [0.15, 0.2) is 30.5 Å². The van der Waals surface area contributed by atoms with Crippen LogP contribution >= 0.6 is 0 Å². The number of halogens is 2. The van der Waals surface area contributed by atoms with Gasteiger partial charge in [0.25, 0.3) is 0 Å². The van der Waals surface area contributed by atoms with Crippen LogP contribution in [0.4, 0.5) is 8.78 Å². The lowest BCUT2D eigenvalue weighted by atomic mass is 9.91. The minimum absolute atomic E-state index is 0.0462. The first-order chi connectivity index (χ1) is 12.0. The number of benzene rings is 1. The Morgan fingerprint density at radius 2 is 2.04 bits per heavy atom. The molecule has 0 saturated carbocycles. The molecule has 1 aliphatic rings. The molecule has 0 bridgehead atoms. The molecule has 1 amide bonds. The molecule has 3 rings (SSSR count). The lowest BCUT2D eigenvalue weighted by Crippen LogP contribution is -2.41. The normalized spacial score (nSPS) is 17.7. The van der Waals surface area contributed by atoms with E-state index in [1.807, 2.05) is 17.9 Å². The lowest BCUT2D eigenvalue weighted by molar-refractivity contribution is -0.133. The number of nitrogens with zero attached hydrogens (tertiary/aromatic N) is 3. The van der Waals surface area contributed by atoms with E-state index in [-0.39, 0.29) is 23.9 Å². The third-order valence-corrected chi connectivity index (χ3v) is 4.81. The van der Waals surface area contributed by atoms with Crippen LogP contribution in [0.2, 0.25) is 0 Å². The molecular formula is C19H23F2N3O. The monoisotopic (exact) mass is 347 g/mol. The van der Waals surface area contributed by atoms with Crippen molar-refractivity contribution in [2.75, 3.05) is 13.1 Å². The summed E-state index contributed by atoms with van der Waals surface area (Å²) in [6.07, 6.45) is 4.76. The van der Waals surface area contributed by atoms with E-state index in [0.29, 0.717) is 19.4 Å². The van der Waals surface area contributed by atoms with Gasteiger partial charge in [-0.1, -0.05) is 6.07 Å². The molecule has 2 aromatic rings. The lowest BCUT2D eigenvalue weighted by Gasteiger charge is -2.33. The highest BCUT2D eigenvalue weighted by Gasteiger charge is 2.24. The predicted molar refractivity (Wildman–Crippen MR) is 90.9 cm³/mol. The maximum absolute atomic E-state index is 13.7. The molecule has 4 nitrogen and oxygen atoms in total. The van der Waals surface area contributed by atoms with Crippen molar-refractivity contribution in [1.82, 2.24) is 14.7 Å². The molecule has 0 spiro atoms. The Balaban J connectivity index is 1.55. The van der Waals surface area contributed by atoms with Crippen molar-refractivity contribution in [3.05, 3.63) is 53.4 Å². The molecule has 1 aromatic carbocycles. The quantitative estimate of drug-likeness (QED) is 0.832. The maximum atomic E-state index is 13.7. The van der Waals surface area contributed by atoms with Crippen molar-refractivity contribution in [2.24, 2.45) is 5.92 Å². The number of rotatable bonds is 5. The summed E-state index contributed by atoms with van der Waals surface area (Å²) in [6, 6.07) is 5.84. The van der Waals surface area contributed by atoms with Gasteiger partial charge in [0, 0.05) is 24.8 Å². The van der Waals surface area contributed by atoms with Crippen LogP contribution in [0.5, 0.6) is 0 Å². The molecule has 0 radical (unpaired) electrons. The van der Waals surface area contributed by atoms with Crippen molar-refractivity contribution in [1.29, 1.82) is 0 Å². The summed E-state index contributed by atoms with van der Waals surface area (Å²) in [6.45, 7) is 3.51. The Bertz CT molecular complexity index is 724. The molecule has 1 saturated heterocycles. The fourth-order valence-electron chi connectivity index (χ4n) is 3.44. The number of hydrogen-bond donors (Lipinski definition) is 0. The first-order valence-corrected chi connectivity index (χ1v) is 8.73. The van der Waals surface area contributed by atoms with Gasteiger partial charge in [-0.3, -0.25) is 9.48 Å². The first kappa shape index (κ1) is 17.6. The van der Waals surface area contributed by atoms with Gasteiger partial charge in [0.2, 0.25) is 5.91 Å². The number of aromatic nitrogens is 2. The second kappa shape index (κ2) is 7.76. The SMILES string of the molecule is Cc1ccn(CC(=O)N2CCC[C@@H](CCc3c(F)cccc3F)C2)n1. The molecule has 134 valence electrons. The summed E-state index contributed by atoms with van der Waals surface area (Å²) in [5, 5.41) is 4.25. The van der Waals surface area contributed by atoms with Gasteiger partial charge >= 0.3 is 0 Å². The molecule has 1 aliphatic heterocycles. The molecular weight excluding hydrogens is 324 g/mol. The molecule has 25 heavy (non-hydrogen) atoms. The van der Waals surface area contributed by atoms with E-state index in [1.54, 1.807) is 10.9 Å². The van der Waals surface area contributed by atoms with Crippen LogP contribution in [0.3, 0.4) is 0 Å². The summed E-state index contributed by atoms with van der Waals surface area (Å²) >= 11 is 0. The van der Waals surface area contributed by atoms with E-state index in [9.17, 15) is 13.6 Å². The van der Waals surface area contributed by atoms with Gasteiger partial charge in [-0.25, -0.2) is 8.78 Å². The standard InChI is InChI=1S/C19H23F2N3O/c1-14-9-11-24(22-14)13-19(25)23-10-3-4-15(12-23)7-8-16-17(20)5-2-6-18(16)21/h2,5-6,9,11,15H,3-4,7-8,10,12-13H2,1H3/t15-/m0/s1. The van der Waals surface area contributed by atoms with E-state index in [1.165, 1.54) is 18.2 Å². The van der Waals surface area contributed by atoms with E-state index in [4.69, 9.17) is 0 Å². The minimum Gasteiger partial charge on any atom is -0.341 e. The molecule has 2 heterocycles. The summed E-state index contributed by atoms with van der Waals surface area (Å²) in [5.41, 5.74) is 1.04. The highest BCUT2D eigenvalue weighted by molar-refractivity contribution is 5.76. The Morgan fingerprint density at radius 3 is 2.72 bits per heavy atom. The average Bonchev–Trinajstić information content (AvgIpc) is 2.99. The molecule has 0 N–H and O–H groups in total. The molecule has 1 aromatic heterocycles. The van der Waals surface area contributed by atoms with Gasteiger partial charge in [-0.2, -0.15) is 5.10 Å². The second-order valence-electron chi connectivity index (χ2n) is 6.74. The number of amides is 1. The van der Waals surface area contributed by atoms with Gasteiger partial charge < -0.3 is 4.90 Å². The fourth-order valence-corrected chi connectivity index (χ4v) is 3.44. The van der Waals surface area contributed by atoms with E-state index in [0.717, 1.165) is 25.1 Å². The Morgan fingerprint density at radius 1 is 1.28 bits per heavy atom. The van der Waals surface area contributed by atoms with Crippen LogP contribution in [0, 0.1) is 24.5 Å². The number of hydrogen-bond acceptors (Lipinski definition) is 2. The average molecular weight is 347 g/mol. The van der Waals surface area contributed by atoms with Crippen molar-refractivity contribution >= 4 is 5.91 Å². The number of carbonyl (C=O) groups excluding carboxylic acids is 1. The van der Waals surface area contributed by atoms with Crippen molar-refractivity contribution in [3.8, 4) is 0 Å². The number of aryl methyl sites for hydroxylation is 1. The topological polar surface area (TPSA) is 38.1 Å². The molecule has 0 unspecified atom stereocenters. The second-order valence-corrected chi connectivity index (χ2v) is 6.74. The third kappa shape index (κ3) is 4.44. The highest BCUT2D eigenvalue weighted by atomic mass is 19.1. The zero-order valence-electron chi connectivity index (χ0n) is 14.4. The van der Waals surface area contributed by atoms with Gasteiger partial charge in [-0.15, -0.1) is 0 Å². The highest BCUT2D eigenvalue weighted by Crippen LogP contribution is 2.23. The van der Waals surface area contributed by atoms with Crippen molar-refractivity contribution in [2.45, 2.75) is 39.2 Å². The van der Waals surface area contributed by atoms with E-state index in [2.05, 4.69) is 5.10 Å². The van der Waals surface area contributed by atoms with Crippen LogP contribution < -0.4 is 0 Å². The van der Waals surface area contributed by atoms with E-state index < -0.39 is 11.6 Å². The van der Waals surface area contributed by atoms with Gasteiger partial charge in [0.15, 0.2) is 0 Å². The zero-order valence-corrected chi connectivity index (χ0v) is 14.4. The Labute approximate surface area is 146 Å². The maximum Gasteiger partial charge on any atom is 0.244 e. The Kier molecular flexibility index (Phi) is 5.46. The zero-order chi connectivity index (χ0) is 17.8. The number of carbonyl (C=O) groups is 1. The summed E-state index contributed by atoms with van der Waals surface area (Å²) in [7, 11) is 0. The van der Waals surface area contributed by atoms with Gasteiger partial charge in [0.05, 0.1) is 5.69 Å². The first-order valence-electron chi connectivity index (χ1n) is 8.73. The Hall–Kier alpha value is -2.24. The van der Waals surface area contributed by atoms with Crippen molar-refractivity contribution in [3.63, 3.8) is 0 Å². The summed E-state index contributed by atoms with van der Waals surface area (Å²) < 4.78 is 29.1. The molecule has 6 heteroatoms. The molecule has 0 aliphatic carbocycles. The fraction of sp³-hybridized carbons (Fsp3) is 0.474.